The van der Waals surface area contributed by atoms with Gasteiger partial charge >= 0.3 is 0 Å². The molecular weight excluding hydrogens is 206 g/mol. The minimum atomic E-state index is -3.28. The Balaban J connectivity index is 2.60. The van der Waals surface area contributed by atoms with Gasteiger partial charge in [-0.15, -0.1) is 4.99 Å². The number of aromatic nitrogens is 2. The van der Waals surface area contributed by atoms with Crippen LogP contribution in [0.3, 0.4) is 0 Å². The van der Waals surface area contributed by atoms with E-state index in [1.54, 1.807) is 0 Å². The molecule has 0 saturated carbocycles. The van der Waals surface area contributed by atoms with Gasteiger partial charge in [0.05, 0.1) is 11.9 Å². The summed E-state index contributed by atoms with van der Waals surface area (Å²) in [5.74, 6) is 0.203. The molecule has 0 fully saturated rings. The van der Waals surface area contributed by atoms with Crippen molar-refractivity contribution in [3.8, 4) is 0 Å². The van der Waals surface area contributed by atoms with Gasteiger partial charge in [-0.25, -0.2) is 13.2 Å². The molecule has 0 N–H and O–H groups in total. The fourth-order valence-corrected chi connectivity index (χ4v) is 2.84. The van der Waals surface area contributed by atoms with Crippen molar-refractivity contribution in [3.63, 3.8) is 0 Å². The van der Waals surface area contributed by atoms with E-state index in [0.717, 1.165) is 0 Å². The van der Waals surface area contributed by atoms with E-state index in [0.29, 0.717) is 13.0 Å². The number of aryl methyl sites for hydroxylation is 1. The average molecular weight is 213 g/mol. The van der Waals surface area contributed by atoms with Crippen LogP contribution >= 0.6 is 0 Å². The second kappa shape index (κ2) is 3.04. The van der Waals surface area contributed by atoms with Crippen molar-refractivity contribution >= 4 is 21.7 Å². The SMILES string of the molecule is O=C=Nc1cn2c(n1)S(=O)(=O)CCC2. The predicted molar refractivity (Wildman–Crippen MR) is 46.7 cm³/mol. The van der Waals surface area contributed by atoms with Gasteiger partial charge in [0.15, 0.2) is 5.82 Å². The van der Waals surface area contributed by atoms with Crippen LogP contribution < -0.4 is 0 Å². The van der Waals surface area contributed by atoms with Crippen LogP contribution in [0, 0.1) is 0 Å². The van der Waals surface area contributed by atoms with E-state index in [1.165, 1.54) is 16.8 Å². The van der Waals surface area contributed by atoms with Crippen LogP contribution in [0.25, 0.3) is 0 Å². The van der Waals surface area contributed by atoms with Crippen LogP contribution in [0.5, 0.6) is 0 Å². The molecule has 1 aromatic heterocycles. The van der Waals surface area contributed by atoms with Gasteiger partial charge in [0.2, 0.25) is 21.1 Å². The molecule has 6 nitrogen and oxygen atoms in total. The maximum atomic E-state index is 11.5. The summed E-state index contributed by atoms with van der Waals surface area (Å²) in [7, 11) is -3.28. The molecule has 7 heteroatoms. The maximum absolute atomic E-state index is 11.5. The summed E-state index contributed by atoms with van der Waals surface area (Å²) in [5.41, 5.74) is 0. The van der Waals surface area contributed by atoms with Crippen LogP contribution in [-0.4, -0.2) is 29.8 Å². The van der Waals surface area contributed by atoms with Crippen LogP contribution in [0.2, 0.25) is 0 Å². The van der Waals surface area contributed by atoms with Gasteiger partial charge in [-0.2, -0.15) is 4.98 Å². The molecule has 0 radical (unpaired) electrons. The first-order valence-electron chi connectivity index (χ1n) is 4.01. The monoisotopic (exact) mass is 213 g/mol. The molecule has 2 heterocycles. The number of isocyanates is 1. The van der Waals surface area contributed by atoms with E-state index in [-0.39, 0.29) is 16.7 Å². The van der Waals surface area contributed by atoms with Crippen molar-refractivity contribution in [3.05, 3.63) is 6.20 Å². The Morgan fingerprint density at radius 2 is 2.36 bits per heavy atom. The molecule has 0 spiro atoms. The number of fused-ring (bicyclic) bond motifs is 1. The molecule has 0 aromatic carbocycles. The number of hydrogen-bond donors (Lipinski definition) is 0. The molecule has 1 aliphatic heterocycles. The minimum Gasteiger partial charge on any atom is -0.320 e. The highest BCUT2D eigenvalue weighted by Crippen LogP contribution is 2.21. The number of imidazole rings is 1. The number of rotatable bonds is 1. The normalized spacial score (nSPS) is 18.3. The van der Waals surface area contributed by atoms with E-state index in [4.69, 9.17) is 0 Å². The molecule has 2 rings (SSSR count). The van der Waals surface area contributed by atoms with E-state index in [1.807, 2.05) is 0 Å². The Morgan fingerprint density at radius 3 is 3.00 bits per heavy atom. The third-order valence-electron chi connectivity index (χ3n) is 1.98. The third kappa shape index (κ3) is 1.36. The Hall–Kier alpha value is -1.46. The summed E-state index contributed by atoms with van der Waals surface area (Å²) < 4.78 is 24.4. The van der Waals surface area contributed by atoms with Gasteiger partial charge < -0.3 is 4.57 Å². The zero-order chi connectivity index (χ0) is 10.2. The van der Waals surface area contributed by atoms with Crippen LogP contribution in [0.1, 0.15) is 6.42 Å². The largest absolute Gasteiger partial charge is 0.320 e. The van der Waals surface area contributed by atoms with Crippen LogP contribution in [-0.2, 0) is 21.2 Å². The summed E-state index contributed by atoms with van der Waals surface area (Å²) in [4.78, 5) is 17.0. The van der Waals surface area contributed by atoms with Crippen molar-refractivity contribution in [2.45, 2.75) is 18.1 Å². The van der Waals surface area contributed by atoms with Crippen LogP contribution in [0.4, 0.5) is 5.82 Å². The summed E-state index contributed by atoms with van der Waals surface area (Å²) in [5, 5.41) is -0.00208. The zero-order valence-electron chi connectivity index (χ0n) is 7.17. The number of sulfone groups is 1. The van der Waals surface area contributed by atoms with Gasteiger partial charge in [0, 0.05) is 6.54 Å². The zero-order valence-corrected chi connectivity index (χ0v) is 7.99. The van der Waals surface area contributed by atoms with Gasteiger partial charge in [-0.3, -0.25) is 0 Å². The molecule has 14 heavy (non-hydrogen) atoms. The lowest BCUT2D eigenvalue weighted by Gasteiger charge is -2.12. The number of nitrogens with zero attached hydrogens (tertiary/aromatic N) is 3. The molecule has 0 aliphatic carbocycles. The fourth-order valence-electron chi connectivity index (χ4n) is 1.41. The summed E-state index contributed by atoms with van der Waals surface area (Å²) in [6.07, 6.45) is 3.33. The topological polar surface area (TPSA) is 81.4 Å². The predicted octanol–water partition coefficient (Wildman–Crippen LogP) is 0.0278. The Labute approximate surface area is 80.2 Å². The summed E-state index contributed by atoms with van der Waals surface area (Å²) >= 11 is 0. The first-order chi connectivity index (χ1) is 6.63. The maximum Gasteiger partial charge on any atom is 0.242 e. The Kier molecular flexibility index (Phi) is 1.98. The smallest absolute Gasteiger partial charge is 0.242 e. The summed E-state index contributed by atoms with van der Waals surface area (Å²) in [6.45, 7) is 0.593. The number of hydrogen-bond acceptors (Lipinski definition) is 5. The van der Waals surface area contributed by atoms with E-state index in [9.17, 15) is 13.2 Å². The average Bonchev–Trinajstić information content (AvgIpc) is 2.49. The molecule has 0 amide bonds. The second-order valence-electron chi connectivity index (χ2n) is 2.95. The first-order valence-corrected chi connectivity index (χ1v) is 5.66. The van der Waals surface area contributed by atoms with Crippen molar-refractivity contribution in [1.29, 1.82) is 0 Å². The van der Waals surface area contributed by atoms with E-state index < -0.39 is 9.84 Å². The van der Waals surface area contributed by atoms with Crippen molar-refractivity contribution in [2.24, 2.45) is 4.99 Å². The van der Waals surface area contributed by atoms with Gasteiger partial charge in [-0.1, -0.05) is 0 Å². The molecule has 74 valence electrons. The molecule has 1 aliphatic rings. The minimum absolute atomic E-state index is 0.00208. The molecular formula is C7H7N3O3S. The number of carbonyl (C=O) groups excluding carboxylic acids is 1. The highest BCUT2D eigenvalue weighted by molar-refractivity contribution is 7.91. The quantitative estimate of drug-likeness (QED) is 0.486. The van der Waals surface area contributed by atoms with Crippen LogP contribution in [0.15, 0.2) is 16.3 Å². The van der Waals surface area contributed by atoms with Crippen molar-refractivity contribution in [2.75, 3.05) is 5.75 Å². The Bertz CT molecular complexity index is 510. The lowest BCUT2D eigenvalue weighted by molar-refractivity contribution is 0.528. The third-order valence-corrected chi connectivity index (χ3v) is 3.69. The van der Waals surface area contributed by atoms with Gasteiger partial charge in [0.25, 0.3) is 0 Å². The van der Waals surface area contributed by atoms with E-state index >= 15 is 0 Å². The molecule has 0 atom stereocenters. The van der Waals surface area contributed by atoms with Crippen molar-refractivity contribution in [1.82, 2.24) is 9.55 Å². The van der Waals surface area contributed by atoms with E-state index in [2.05, 4.69) is 9.98 Å². The highest BCUT2D eigenvalue weighted by atomic mass is 32.2. The van der Waals surface area contributed by atoms with Crippen molar-refractivity contribution < 1.29 is 13.2 Å². The lowest BCUT2D eigenvalue weighted by atomic mass is 10.5. The van der Waals surface area contributed by atoms with Gasteiger partial charge in [-0.05, 0) is 6.42 Å². The Morgan fingerprint density at radius 1 is 1.57 bits per heavy atom. The fraction of sp³-hybridized carbons (Fsp3) is 0.429. The first kappa shape index (κ1) is 9.11. The molecule has 1 aromatic rings. The number of aliphatic imine (C=N–C) groups is 1. The standard InChI is InChI=1S/C7H7N3O3S/c11-5-8-6-4-10-2-1-3-14(12,13)7(10)9-6/h4H,1-3H2. The highest BCUT2D eigenvalue weighted by Gasteiger charge is 2.26. The summed E-state index contributed by atoms with van der Waals surface area (Å²) in [6, 6.07) is 0. The molecule has 0 bridgehead atoms. The second-order valence-corrected chi connectivity index (χ2v) is 4.95. The lowest BCUT2D eigenvalue weighted by Crippen LogP contribution is -2.20. The van der Waals surface area contributed by atoms with Gasteiger partial charge in [0.1, 0.15) is 0 Å². The molecule has 0 saturated heterocycles. The molecule has 0 unspecified atom stereocenters.